The molecule has 0 spiro atoms. The number of nitrogen functional groups attached to an aromatic ring is 1. The third-order valence-corrected chi connectivity index (χ3v) is 1.99. The number of nitrogens with zero attached hydrogens (tertiary/aromatic N) is 2. The van der Waals surface area contributed by atoms with Crippen molar-refractivity contribution in [2.75, 3.05) is 5.73 Å². The number of aromatic nitrogens is 2. The Hall–Kier alpha value is -1.16. The molecule has 5 heteroatoms. The molecular weight excluding hydrogens is 190 g/mol. The van der Waals surface area contributed by atoms with Gasteiger partial charge in [-0.2, -0.15) is 10.2 Å². The summed E-state index contributed by atoms with van der Waals surface area (Å²) in [4.78, 5) is 10.8. The van der Waals surface area contributed by atoms with E-state index in [2.05, 4.69) is 10.2 Å². The Labute approximate surface area is 81.1 Å². The summed E-state index contributed by atoms with van der Waals surface area (Å²) >= 11 is 5.94. The first-order chi connectivity index (χ1) is 6.11. The van der Waals surface area contributed by atoms with E-state index in [1.165, 1.54) is 19.3 Å². The maximum Gasteiger partial charge on any atom is 0.131 e. The standard InChI is InChI=1S/C8H10ClN3O/c1-5(13)2-7(9)6-3-11-12-4-8(6)10/h3-4,7H,2H2,1H3,(H2,10,11). The Morgan fingerprint density at radius 2 is 2.23 bits per heavy atom. The summed E-state index contributed by atoms with van der Waals surface area (Å²) in [7, 11) is 0. The molecule has 0 radical (unpaired) electrons. The zero-order chi connectivity index (χ0) is 9.84. The summed E-state index contributed by atoms with van der Waals surface area (Å²) in [5, 5.41) is 6.83. The number of hydrogen-bond donors (Lipinski definition) is 1. The van der Waals surface area contributed by atoms with Crippen molar-refractivity contribution in [2.45, 2.75) is 18.7 Å². The van der Waals surface area contributed by atoms with E-state index in [0.29, 0.717) is 11.3 Å². The van der Waals surface area contributed by atoms with Gasteiger partial charge in [0.25, 0.3) is 0 Å². The van der Waals surface area contributed by atoms with Crippen LogP contribution in [0, 0.1) is 0 Å². The van der Waals surface area contributed by atoms with Crippen LogP contribution in [0.4, 0.5) is 5.69 Å². The van der Waals surface area contributed by atoms with E-state index >= 15 is 0 Å². The van der Waals surface area contributed by atoms with E-state index in [4.69, 9.17) is 17.3 Å². The van der Waals surface area contributed by atoms with Gasteiger partial charge in [0, 0.05) is 12.0 Å². The third-order valence-electron chi connectivity index (χ3n) is 1.60. The first-order valence-electron chi connectivity index (χ1n) is 3.81. The average molecular weight is 200 g/mol. The fraction of sp³-hybridized carbons (Fsp3) is 0.375. The summed E-state index contributed by atoms with van der Waals surface area (Å²) in [6.07, 6.45) is 3.16. The number of rotatable bonds is 3. The molecule has 1 unspecified atom stereocenters. The molecular formula is C8H10ClN3O. The number of hydrogen-bond acceptors (Lipinski definition) is 4. The normalized spacial score (nSPS) is 12.5. The lowest BCUT2D eigenvalue weighted by Gasteiger charge is -2.08. The minimum absolute atomic E-state index is 0.0243. The van der Waals surface area contributed by atoms with Crippen molar-refractivity contribution in [1.82, 2.24) is 10.2 Å². The summed E-state index contributed by atoms with van der Waals surface area (Å²) in [5.74, 6) is 0.0243. The minimum atomic E-state index is -0.409. The monoisotopic (exact) mass is 199 g/mol. The molecule has 2 N–H and O–H groups in total. The van der Waals surface area contributed by atoms with E-state index < -0.39 is 5.38 Å². The largest absolute Gasteiger partial charge is 0.397 e. The summed E-state index contributed by atoms with van der Waals surface area (Å²) < 4.78 is 0. The summed E-state index contributed by atoms with van der Waals surface area (Å²) in [6.45, 7) is 1.49. The lowest BCUT2D eigenvalue weighted by molar-refractivity contribution is -0.117. The van der Waals surface area contributed by atoms with Crippen molar-refractivity contribution in [2.24, 2.45) is 0 Å². The molecule has 0 saturated heterocycles. The molecule has 4 nitrogen and oxygen atoms in total. The number of carbonyl (C=O) groups excluding carboxylic acids is 1. The first kappa shape index (κ1) is 9.92. The highest BCUT2D eigenvalue weighted by atomic mass is 35.5. The molecule has 1 heterocycles. The lowest BCUT2D eigenvalue weighted by atomic mass is 10.1. The second-order valence-corrected chi connectivity index (χ2v) is 3.30. The number of halogens is 1. The van der Waals surface area contributed by atoms with Gasteiger partial charge in [-0.1, -0.05) is 0 Å². The molecule has 13 heavy (non-hydrogen) atoms. The maximum atomic E-state index is 10.8. The highest BCUT2D eigenvalue weighted by molar-refractivity contribution is 6.22. The van der Waals surface area contributed by atoms with Crippen LogP contribution in [0.3, 0.4) is 0 Å². The van der Waals surface area contributed by atoms with Gasteiger partial charge in [-0.15, -0.1) is 11.6 Å². The molecule has 0 bridgehead atoms. The van der Waals surface area contributed by atoms with Crippen LogP contribution in [0.2, 0.25) is 0 Å². The number of anilines is 1. The van der Waals surface area contributed by atoms with Gasteiger partial charge in [-0.25, -0.2) is 0 Å². The van der Waals surface area contributed by atoms with Gasteiger partial charge in [0.2, 0.25) is 0 Å². The minimum Gasteiger partial charge on any atom is -0.397 e. The van der Waals surface area contributed by atoms with Crippen molar-refractivity contribution in [3.05, 3.63) is 18.0 Å². The number of Topliss-reactive ketones (excluding diaryl/α,β-unsaturated/α-hetero) is 1. The van der Waals surface area contributed by atoms with Crippen molar-refractivity contribution in [1.29, 1.82) is 0 Å². The molecule has 0 fully saturated rings. The number of nitrogens with two attached hydrogens (primary N) is 1. The van der Waals surface area contributed by atoms with Crippen LogP contribution in [0.1, 0.15) is 24.3 Å². The lowest BCUT2D eigenvalue weighted by Crippen LogP contribution is -2.03. The maximum absolute atomic E-state index is 10.8. The Bertz CT molecular complexity index is 316. The van der Waals surface area contributed by atoms with Crippen molar-refractivity contribution in [3.63, 3.8) is 0 Å². The fourth-order valence-electron chi connectivity index (χ4n) is 0.964. The molecule has 70 valence electrons. The molecule has 0 aromatic carbocycles. The second-order valence-electron chi connectivity index (χ2n) is 2.77. The van der Waals surface area contributed by atoms with E-state index in [1.807, 2.05) is 0 Å². The zero-order valence-corrected chi connectivity index (χ0v) is 7.95. The fourth-order valence-corrected chi connectivity index (χ4v) is 1.36. The number of alkyl halides is 1. The SMILES string of the molecule is CC(=O)CC(Cl)c1cnncc1N. The van der Waals surface area contributed by atoms with E-state index in [0.717, 1.165) is 0 Å². The van der Waals surface area contributed by atoms with Gasteiger partial charge in [0.15, 0.2) is 0 Å². The topological polar surface area (TPSA) is 68.9 Å². The van der Waals surface area contributed by atoms with Crippen LogP contribution in [-0.2, 0) is 4.79 Å². The molecule has 0 aliphatic carbocycles. The van der Waals surface area contributed by atoms with Crippen LogP contribution >= 0.6 is 11.6 Å². The van der Waals surface area contributed by atoms with Crippen LogP contribution < -0.4 is 5.73 Å². The summed E-state index contributed by atoms with van der Waals surface area (Å²) in [5.41, 5.74) is 6.73. The molecule has 1 aromatic rings. The Morgan fingerprint density at radius 1 is 1.62 bits per heavy atom. The second kappa shape index (κ2) is 4.18. The van der Waals surface area contributed by atoms with Crippen LogP contribution in [-0.4, -0.2) is 16.0 Å². The van der Waals surface area contributed by atoms with Gasteiger partial charge in [-0.3, -0.25) is 4.79 Å². The molecule has 0 amide bonds. The van der Waals surface area contributed by atoms with Gasteiger partial charge in [0.1, 0.15) is 5.78 Å². The van der Waals surface area contributed by atoms with Crippen LogP contribution in [0.5, 0.6) is 0 Å². The van der Waals surface area contributed by atoms with Crippen LogP contribution in [0.25, 0.3) is 0 Å². The predicted octanol–water partition coefficient (Wildman–Crippen LogP) is 1.32. The quantitative estimate of drug-likeness (QED) is 0.746. The van der Waals surface area contributed by atoms with Gasteiger partial charge < -0.3 is 5.73 Å². The predicted molar refractivity (Wildman–Crippen MR) is 50.3 cm³/mol. The highest BCUT2D eigenvalue weighted by Crippen LogP contribution is 2.27. The van der Waals surface area contributed by atoms with Gasteiger partial charge in [-0.05, 0) is 6.92 Å². The van der Waals surface area contributed by atoms with Gasteiger partial charge in [0.05, 0.1) is 23.5 Å². The molecule has 1 aromatic heterocycles. The van der Waals surface area contributed by atoms with Crippen molar-refractivity contribution >= 4 is 23.1 Å². The Balaban J connectivity index is 2.82. The zero-order valence-electron chi connectivity index (χ0n) is 7.20. The first-order valence-corrected chi connectivity index (χ1v) is 4.24. The Morgan fingerprint density at radius 3 is 2.77 bits per heavy atom. The summed E-state index contributed by atoms with van der Waals surface area (Å²) in [6, 6.07) is 0. The van der Waals surface area contributed by atoms with E-state index in [9.17, 15) is 4.79 Å². The smallest absolute Gasteiger partial charge is 0.131 e. The molecule has 0 aliphatic heterocycles. The van der Waals surface area contributed by atoms with Crippen LogP contribution in [0.15, 0.2) is 12.4 Å². The van der Waals surface area contributed by atoms with Crippen molar-refractivity contribution in [3.8, 4) is 0 Å². The molecule has 1 atom stereocenters. The third kappa shape index (κ3) is 2.66. The molecule has 0 saturated carbocycles. The average Bonchev–Trinajstić information content (AvgIpc) is 2.03. The number of carbonyl (C=O) groups is 1. The van der Waals surface area contributed by atoms with E-state index in [1.54, 1.807) is 0 Å². The number of ketones is 1. The van der Waals surface area contributed by atoms with E-state index in [-0.39, 0.29) is 12.2 Å². The van der Waals surface area contributed by atoms with Gasteiger partial charge >= 0.3 is 0 Å². The molecule has 0 aliphatic rings. The van der Waals surface area contributed by atoms with Crippen molar-refractivity contribution < 1.29 is 4.79 Å². The Kier molecular flexibility index (Phi) is 3.19. The highest BCUT2D eigenvalue weighted by Gasteiger charge is 2.13. The molecule has 1 rings (SSSR count).